The van der Waals surface area contributed by atoms with Crippen molar-refractivity contribution in [2.24, 2.45) is 0 Å². The van der Waals surface area contributed by atoms with Crippen molar-refractivity contribution in [3.8, 4) is 5.69 Å². The molecule has 0 bridgehead atoms. The summed E-state index contributed by atoms with van der Waals surface area (Å²) in [6.07, 6.45) is 3.63. The van der Waals surface area contributed by atoms with Gasteiger partial charge in [-0.05, 0) is 35.9 Å². The highest BCUT2D eigenvalue weighted by Crippen LogP contribution is 2.25. The second-order valence-electron chi connectivity index (χ2n) is 4.33. The van der Waals surface area contributed by atoms with Crippen LogP contribution >= 0.6 is 11.8 Å². The minimum Gasteiger partial charge on any atom is -0.475 e. The van der Waals surface area contributed by atoms with Gasteiger partial charge in [0.05, 0.1) is 5.69 Å². The summed E-state index contributed by atoms with van der Waals surface area (Å²) in [5, 5.41) is 13.6. The molecule has 6 heteroatoms. The SMILES string of the molecule is O=C(O)c1ccc(SCc2ccc(-n3cccn3)cc2)o1. The molecule has 0 aliphatic rings. The van der Waals surface area contributed by atoms with E-state index in [0.29, 0.717) is 10.8 Å². The van der Waals surface area contributed by atoms with Crippen LogP contribution in [0.2, 0.25) is 0 Å². The Kier molecular flexibility index (Phi) is 3.79. The van der Waals surface area contributed by atoms with Crippen molar-refractivity contribution in [2.45, 2.75) is 10.8 Å². The number of furan rings is 1. The van der Waals surface area contributed by atoms with E-state index in [2.05, 4.69) is 5.10 Å². The molecule has 0 saturated carbocycles. The van der Waals surface area contributed by atoms with Gasteiger partial charge in [0.1, 0.15) is 0 Å². The van der Waals surface area contributed by atoms with E-state index in [0.717, 1.165) is 11.3 Å². The first-order chi connectivity index (χ1) is 10.2. The van der Waals surface area contributed by atoms with E-state index in [1.165, 1.54) is 17.8 Å². The molecule has 0 unspecified atom stereocenters. The first-order valence-electron chi connectivity index (χ1n) is 6.27. The number of carbonyl (C=O) groups is 1. The fraction of sp³-hybridized carbons (Fsp3) is 0.0667. The van der Waals surface area contributed by atoms with Crippen LogP contribution in [0.1, 0.15) is 16.1 Å². The molecular formula is C15H12N2O3S. The summed E-state index contributed by atoms with van der Waals surface area (Å²) in [6, 6.07) is 13.0. The lowest BCUT2D eigenvalue weighted by Crippen LogP contribution is -1.93. The molecule has 1 N–H and O–H groups in total. The van der Waals surface area contributed by atoms with Gasteiger partial charge in [0.25, 0.3) is 0 Å². The van der Waals surface area contributed by atoms with Crippen LogP contribution < -0.4 is 0 Å². The maximum absolute atomic E-state index is 10.7. The minimum atomic E-state index is -1.05. The summed E-state index contributed by atoms with van der Waals surface area (Å²) in [5.41, 5.74) is 2.13. The van der Waals surface area contributed by atoms with Gasteiger partial charge in [-0.3, -0.25) is 0 Å². The molecule has 0 spiro atoms. The van der Waals surface area contributed by atoms with Gasteiger partial charge in [-0.15, -0.1) is 0 Å². The van der Waals surface area contributed by atoms with Gasteiger partial charge in [0, 0.05) is 18.1 Å². The third-order valence-corrected chi connectivity index (χ3v) is 3.86. The fourth-order valence-electron chi connectivity index (χ4n) is 1.83. The van der Waals surface area contributed by atoms with Crippen molar-refractivity contribution in [3.05, 3.63) is 66.2 Å². The van der Waals surface area contributed by atoms with Crippen LogP contribution in [0, 0.1) is 0 Å². The second kappa shape index (κ2) is 5.88. The van der Waals surface area contributed by atoms with E-state index >= 15 is 0 Å². The number of thioether (sulfide) groups is 1. The summed E-state index contributed by atoms with van der Waals surface area (Å²) in [6.45, 7) is 0. The molecule has 106 valence electrons. The zero-order valence-corrected chi connectivity index (χ0v) is 11.8. The summed E-state index contributed by atoms with van der Waals surface area (Å²) < 4.78 is 6.99. The van der Waals surface area contributed by atoms with Crippen LogP contribution in [0.4, 0.5) is 0 Å². The second-order valence-corrected chi connectivity index (χ2v) is 5.31. The Morgan fingerprint density at radius 2 is 2.05 bits per heavy atom. The van der Waals surface area contributed by atoms with Gasteiger partial charge in [0.15, 0.2) is 5.09 Å². The third-order valence-electron chi connectivity index (χ3n) is 2.88. The van der Waals surface area contributed by atoms with Crippen molar-refractivity contribution >= 4 is 17.7 Å². The number of benzene rings is 1. The average molecular weight is 300 g/mol. The predicted octanol–water partition coefficient (Wildman–Crippen LogP) is 3.46. The number of nitrogens with zero attached hydrogens (tertiary/aromatic N) is 2. The van der Waals surface area contributed by atoms with Gasteiger partial charge in [0.2, 0.25) is 5.76 Å². The number of aromatic nitrogens is 2. The molecule has 0 radical (unpaired) electrons. The molecule has 0 atom stereocenters. The number of rotatable bonds is 5. The highest BCUT2D eigenvalue weighted by atomic mass is 32.2. The molecule has 0 fully saturated rings. The van der Waals surface area contributed by atoms with Gasteiger partial charge >= 0.3 is 5.97 Å². The van der Waals surface area contributed by atoms with Crippen molar-refractivity contribution in [1.82, 2.24) is 9.78 Å². The highest BCUT2D eigenvalue weighted by Gasteiger charge is 2.09. The lowest BCUT2D eigenvalue weighted by atomic mass is 10.2. The zero-order valence-electron chi connectivity index (χ0n) is 11.0. The van der Waals surface area contributed by atoms with Crippen LogP contribution in [0.25, 0.3) is 5.69 Å². The van der Waals surface area contributed by atoms with Crippen molar-refractivity contribution < 1.29 is 14.3 Å². The first-order valence-corrected chi connectivity index (χ1v) is 7.26. The van der Waals surface area contributed by atoms with Crippen LogP contribution in [-0.2, 0) is 5.75 Å². The molecule has 3 rings (SSSR count). The van der Waals surface area contributed by atoms with Gasteiger partial charge in [-0.25, -0.2) is 9.48 Å². The van der Waals surface area contributed by atoms with E-state index in [-0.39, 0.29) is 5.76 Å². The lowest BCUT2D eigenvalue weighted by molar-refractivity contribution is 0.0656. The molecule has 2 heterocycles. The maximum atomic E-state index is 10.7. The molecule has 3 aromatic rings. The van der Waals surface area contributed by atoms with E-state index in [9.17, 15) is 4.79 Å². The molecule has 21 heavy (non-hydrogen) atoms. The summed E-state index contributed by atoms with van der Waals surface area (Å²) >= 11 is 1.46. The number of hydrogen-bond acceptors (Lipinski definition) is 4. The topological polar surface area (TPSA) is 68.3 Å². The average Bonchev–Trinajstić information content (AvgIpc) is 3.17. The molecule has 2 aromatic heterocycles. The van der Waals surface area contributed by atoms with E-state index in [4.69, 9.17) is 9.52 Å². The van der Waals surface area contributed by atoms with Crippen molar-refractivity contribution in [1.29, 1.82) is 0 Å². The lowest BCUT2D eigenvalue weighted by Gasteiger charge is -2.03. The smallest absolute Gasteiger partial charge is 0.371 e. The Bertz CT molecular complexity index is 733. The maximum Gasteiger partial charge on any atom is 0.371 e. The summed E-state index contributed by atoms with van der Waals surface area (Å²) in [7, 11) is 0. The molecule has 1 aromatic carbocycles. The standard InChI is InChI=1S/C15H12N2O3S/c18-15(19)13-6-7-14(20-13)21-10-11-2-4-12(5-3-11)17-9-1-8-16-17/h1-9H,10H2,(H,18,19). The van der Waals surface area contributed by atoms with Gasteiger partial charge in [-0.2, -0.15) is 5.10 Å². The van der Waals surface area contributed by atoms with Gasteiger partial charge in [-0.1, -0.05) is 23.9 Å². The Labute approximate surface area is 125 Å². The number of hydrogen-bond donors (Lipinski definition) is 1. The highest BCUT2D eigenvalue weighted by molar-refractivity contribution is 7.98. The molecule has 0 aliphatic heterocycles. The predicted molar refractivity (Wildman–Crippen MR) is 78.8 cm³/mol. The fourth-order valence-corrected chi connectivity index (χ4v) is 2.65. The Balaban J connectivity index is 1.64. The molecule has 5 nitrogen and oxygen atoms in total. The molecule has 0 amide bonds. The van der Waals surface area contributed by atoms with E-state index < -0.39 is 5.97 Å². The Morgan fingerprint density at radius 1 is 1.24 bits per heavy atom. The van der Waals surface area contributed by atoms with Crippen molar-refractivity contribution in [2.75, 3.05) is 0 Å². The Morgan fingerprint density at radius 3 is 2.67 bits per heavy atom. The third kappa shape index (κ3) is 3.17. The summed E-state index contributed by atoms with van der Waals surface area (Å²) in [4.78, 5) is 10.7. The van der Waals surface area contributed by atoms with Gasteiger partial charge < -0.3 is 9.52 Å². The largest absolute Gasteiger partial charge is 0.475 e. The molecule has 0 aliphatic carbocycles. The van der Waals surface area contributed by atoms with E-state index in [1.807, 2.05) is 36.5 Å². The normalized spacial score (nSPS) is 10.7. The molecular weight excluding hydrogens is 288 g/mol. The van der Waals surface area contributed by atoms with Crippen molar-refractivity contribution in [3.63, 3.8) is 0 Å². The zero-order chi connectivity index (χ0) is 14.7. The van der Waals surface area contributed by atoms with Crippen LogP contribution in [-0.4, -0.2) is 20.9 Å². The molecule has 0 saturated heterocycles. The van der Waals surface area contributed by atoms with Crippen LogP contribution in [0.3, 0.4) is 0 Å². The number of carboxylic acid groups (broad SMARTS) is 1. The minimum absolute atomic E-state index is 0.0356. The van der Waals surface area contributed by atoms with Crippen LogP contribution in [0.15, 0.2) is 64.4 Å². The Hall–Kier alpha value is -2.47. The summed E-state index contributed by atoms with van der Waals surface area (Å²) in [5.74, 6) is -0.372. The number of carboxylic acids is 1. The quantitative estimate of drug-likeness (QED) is 0.731. The van der Waals surface area contributed by atoms with Crippen LogP contribution in [0.5, 0.6) is 0 Å². The first kappa shape index (κ1) is 13.5. The number of aromatic carboxylic acids is 1. The van der Waals surface area contributed by atoms with E-state index in [1.54, 1.807) is 16.9 Å². The monoisotopic (exact) mass is 300 g/mol.